The second kappa shape index (κ2) is 5.17. The number of rotatable bonds is 5. The van der Waals surface area contributed by atoms with Crippen molar-refractivity contribution in [3.63, 3.8) is 0 Å². The van der Waals surface area contributed by atoms with Crippen LogP contribution < -0.4 is 16.4 Å². The van der Waals surface area contributed by atoms with Crippen molar-refractivity contribution in [3.8, 4) is 0 Å². The van der Waals surface area contributed by atoms with E-state index in [1.165, 1.54) is 6.26 Å². The molecule has 1 atom stereocenters. The highest BCUT2D eigenvalue weighted by molar-refractivity contribution is 7.90. The number of nitrogens with one attached hydrogen (secondary N) is 2. The van der Waals surface area contributed by atoms with Crippen LogP contribution in [0.15, 0.2) is 6.07 Å². The molecule has 4 N–H and O–H groups in total. The minimum absolute atomic E-state index is 0.0335. The molecule has 96 valence electrons. The van der Waals surface area contributed by atoms with Gasteiger partial charge in [-0.2, -0.15) is 9.97 Å². The SMILES string of the molecule is CNc1cc(NC(C)CS(C)(=O)=O)nc(N)n1. The lowest BCUT2D eigenvalue weighted by Gasteiger charge is -2.14. The zero-order chi connectivity index (χ0) is 13.1. The van der Waals surface area contributed by atoms with Crippen molar-refractivity contribution in [3.05, 3.63) is 6.07 Å². The first-order chi connectivity index (χ1) is 7.80. The number of nitrogen functional groups attached to an aromatic ring is 1. The molecule has 0 spiro atoms. The van der Waals surface area contributed by atoms with E-state index in [0.717, 1.165) is 0 Å². The van der Waals surface area contributed by atoms with Gasteiger partial charge in [-0.25, -0.2) is 8.42 Å². The Labute approximate surface area is 101 Å². The normalized spacial score (nSPS) is 13.1. The highest BCUT2D eigenvalue weighted by Gasteiger charge is 2.11. The fourth-order valence-electron chi connectivity index (χ4n) is 1.42. The minimum atomic E-state index is -3.02. The smallest absolute Gasteiger partial charge is 0.223 e. The molecule has 0 aliphatic rings. The lowest BCUT2D eigenvalue weighted by atomic mass is 10.4. The first kappa shape index (κ1) is 13.5. The Hall–Kier alpha value is -1.57. The molecule has 0 bridgehead atoms. The van der Waals surface area contributed by atoms with Crippen LogP contribution in [-0.4, -0.2) is 43.5 Å². The summed E-state index contributed by atoms with van der Waals surface area (Å²) in [6.45, 7) is 1.76. The summed E-state index contributed by atoms with van der Waals surface area (Å²) in [5.74, 6) is 1.24. The standard InChI is InChI=1S/C9H17N5O2S/c1-6(5-17(3,15)16)12-8-4-7(11-2)13-9(10)14-8/h4,6H,5H2,1-3H3,(H4,10,11,12,13,14). The molecular weight excluding hydrogens is 242 g/mol. The zero-order valence-corrected chi connectivity index (χ0v) is 10.9. The monoisotopic (exact) mass is 259 g/mol. The molecule has 1 aromatic rings. The van der Waals surface area contributed by atoms with Gasteiger partial charge in [0.2, 0.25) is 5.95 Å². The molecule has 0 saturated carbocycles. The van der Waals surface area contributed by atoms with Crippen molar-refractivity contribution in [1.29, 1.82) is 0 Å². The molecule has 0 aromatic carbocycles. The number of aromatic nitrogens is 2. The van der Waals surface area contributed by atoms with E-state index in [2.05, 4.69) is 20.6 Å². The Morgan fingerprint density at radius 1 is 1.41 bits per heavy atom. The van der Waals surface area contributed by atoms with Gasteiger partial charge in [0.05, 0.1) is 5.75 Å². The van der Waals surface area contributed by atoms with E-state index in [0.29, 0.717) is 11.6 Å². The Bertz CT molecular complexity index is 488. The molecule has 1 unspecified atom stereocenters. The van der Waals surface area contributed by atoms with Crippen LogP contribution in [0.1, 0.15) is 6.92 Å². The number of nitrogens with zero attached hydrogens (tertiary/aromatic N) is 2. The van der Waals surface area contributed by atoms with Crippen LogP contribution in [0.3, 0.4) is 0 Å². The topological polar surface area (TPSA) is 110 Å². The number of hydrogen-bond donors (Lipinski definition) is 3. The zero-order valence-electron chi connectivity index (χ0n) is 10.1. The summed E-state index contributed by atoms with van der Waals surface area (Å²) in [4.78, 5) is 7.90. The Morgan fingerprint density at radius 2 is 2.00 bits per heavy atom. The van der Waals surface area contributed by atoms with Crippen LogP contribution in [0.5, 0.6) is 0 Å². The maximum atomic E-state index is 11.1. The van der Waals surface area contributed by atoms with Gasteiger partial charge in [0, 0.05) is 25.4 Å². The van der Waals surface area contributed by atoms with Gasteiger partial charge in [0.25, 0.3) is 0 Å². The average molecular weight is 259 g/mol. The highest BCUT2D eigenvalue weighted by Crippen LogP contribution is 2.13. The predicted octanol–water partition coefficient (Wildman–Crippen LogP) is -0.0545. The van der Waals surface area contributed by atoms with Gasteiger partial charge in [-0.05, 0) is 6.92 Å². The fraction of sp³-hybridized carbons (Fsp3) is 0.556. The number of sulfone groups is 1. The predicted molar refractivity (Wildman–Crippen MR) is 68.8 cm³/mol. The van der Waals surface area contributed by atoms with Crippen molar-refractivity contribution in [2.75, 3.05) is 35.4 Å². The number of hydrogen-bond acceptors (Lipinski definition) is 7. The Kier molecular flexibility index (Phi) is 4.11. The van der Waals surface area contributed by atoms with Crippen molar-refractivity contribution in [2.45, 2.75) is 13.0 Å². The molecule has 0 saturated heterocycles. The van der Waals surface area contributed by atoms with Gasteiger partial charge in [0.1, 0.15) is 21.5 Å². The summed E-state index contributed by atoms with van der Waals surface area (Å²) >= 11 is 0. The third-order valence-electron chi connectivity index (χ3n) is 1.95. The van der Waals surface area contributed by atoms with E-state index in [9.17, 15) is 8.42 Å². The second-order valence-corrected chi connectivity index (χ2v) is 6.07. The molecule has 0 aliphatic carbocycles. The van der Waals surface area contributed by atoms with Gasteiger partial charge in [-0.15, -0.1) is 0 Å². The highest BCUT2D eigenvalue weighted by atomic mass is 32.2. The van der Waals surface area contributed by atoms with Crippen LogP contribution in [0.25, 0.3) is 0 Å². The lowest BCUT2D eigenvalue weighted by molar-refractivity contribution is 0.598. The van der Waals surface area contributed by atoms with Crippen LogP contribution >= 0.6 is 0 Å². The van der Waals surface area contributed by atoms with Crippen LogP contribution in [0.4, 0.5) is 17.6 Å². The molecule has 0 radical (unpaired) electrons. The van der Waals surface area contributed by atoms with E-state index in [1.807, 2.05) is 0 Å². The van der Waals surface area contributed by atoms with Gasteiger partial charge >= 0.3 is 0 Å². The van der Waals surface area contributed by atoms with Crippen molar-refractivity contribution in [2.24, 2.45) is 0 Å². The quantitative estimate of drug-likeness (QED) is 0.679. The molecular formula is C9H17N5O2S. The van der Waals surface area contributed by atoms with E-state index >= 15 is 0 Å². The van der Waals surface area contributed by atoms with Crippen molar-refractivity contribution >= 4 is 27.4 Å². The summed E-state index contributed by atoms with van der Waals surface area (Å²) in [5.41, 5.74) is 5.52. The first-order valence-corrected chi connectivity index (χ1v) is 7.13. The Morgan fingerprint density at radius 3 is 2.53 bits per heavy atom. The van der Waals surface area contributed by atoms with Gasteiger partial charge in [-0.1, -0.05) is 0 Å². The minimum Gasteiger partial charge on any atom is -0.373 e. The second-order valence-electron chi connectivity index (χ2n) is 3.88. The van der Waals surface area contributed by atoms with Crippen LogP contribution in [-0.2, 0) is 9.84 Å². The lowest BCUT2D eigenvalue weighted by Crippen LogP contribution is -2.25. The third-order valence-corrected chi connectivity index (χ3v) is 3.05. The van der Waals surface area contributed by atoms with Crippen LogP contribution in [0.2, 0.25) is 0 Å². The first-order valence-electron chi connectivity index (χ1n) is 5.06. The molecule has 1 rings (SSSR count). The summed E-state index contributed by atoms with van der Waals surface area (Å²) in [6.07, 6.45) is 1.19. The summed E-state index contributed by atoms with van der Waals surface area (Å²) < 4.78 is 22.2. The maximum Gasteiger partial charge on any atom is 0.223 e. The number of anilines is 3. The van der Waals surface area contributed by atoms with Gasteiger partial charge in [-0.3, -0.25) is 0 Å². The maximum absolute atomic E-state index is 11.1. The van der Waals surface area contributed by atoms with E-state index < -0.39 is 9.84 Å². The van der Waals surface area contributed by atoms with E-state index in [4.69, 9.17) is 5.73 Å². The van der Waals surface area contributed by atoms with E-state index in [-0.39, 0.29) is 17.7 Å². The molecule has 0 aliphatic heterocycles. The van der Waals surface area contributed by atoms with Gasteiger partial charge in [0.15, 0.2) is 0 Å². The third kappa shape index (κ3) is 4.85. The van der Waals surface area contributed by atoms with Crippen molar-refractivity contribution < 1.29 is 8.42 Å². The molecule has 8 heteroatoms. The largest absolute Gasteiger partial charge is 0.373 e. The average Bonchev–Trinajstić information content (AvgIpc) is 2.13. The summed E-state index contributed by atoms with van der Waals surface area (Å²) in [6, 6.07) is 1.42. The molecule has 17 heavy (non-hydrogen) atoms. The van der Waals surface area contributed by atoms with Crippen molar-refractivity contribution in [1.82, 2.24) is 9.97 Å². The molecule has 0 fully saturated rings. The fourth-order valence-corrected chi connectivity index (χ4v) is 2.41. The summed E-state index contributed by atoms with van der Waals surface area (Å²) in [7, 11) is -1.31. The molecule has 0 amide bonds. The Balaban J connectivity index is 2.77. The molecule has 1 heterocycles. The summed E-state index contributed by atoms with van der Waals surface area (Å²) in [5, 5.41) is 5.80. The molecule has 1 aromatic heterocycles. The van der Waals surface area contributed by atoms with Crippen LogP contribution in [0, 0.1) is 0 Å². The molecule has 7 nitrogen and oxygen atoms in total. The number of nitrogens with two attached hydrogens (primary N) is 1. The van der Waals surface area contributed by atoms with Gasteiger partial charge < -0.3 is 16.4 Å². The van der Waals surface area contributed by atoms with E-state index in [1.54, 1.807) is 20.0 Å².